The first-order valence-corrected chi connectivity index (χ1v) is 4.05. The number of halogens is 1. The van der Waals surface area contributed by atoms with Crippen molar-refractivity contribution in [2.45, 2.75) is 32.3 Å². The maximum atomic E-state index is 10.2. The van der Waals surface area contributed by atoms with E-state index in [4.69, 9.17) is 16.7 Å². The highest BCUT2D eigenvalue weighted by Gasteiger charge is 2.26. The van der Waals surface area contributed by atoms with Gasteiger partial charge in [0.25, 0.3) is 0 Å². The van der Waals surface area contributed by atoms with Gasteiger partial charge >= 0.3 is 6.16 Å². The second-order valence-electron chi connectivity index (χ2n) is 2.70. The van der Waals surface area contributed by atoms with E-state index < -0.39 is 11.8 Å². The molecule has 0 bridgehead atoms. The first-order chi connectivity index (χ1) is 5.04. The van der Waals surface area contributed by atoms with E-state index >= 15 is 0 Å². The summed E-state index contributed by atoms with van der Waals surface area (Å²) in [5.41, 5.74) is -0.720. The quantitative estimate of drug-likeness (QED) is 0.534. The smallest absolute Gasteiger partial charge is 0.450 e. The van der Waals surface area contributed by atoms with Crippen LogP contribution in [0.2, 0.25) is 0 Å². The van der Waals surface area contributed by atoms with Gasteiger partial charge in [-0.25, -0.2) is 4.79 Å². The average Bonchev–Trinajstić information content (AvgIpc) is 1.87. The van der Waals surface area contributed by atoms with Crippen LogP contribution < -0.4 is 0 Å². The molecule has 1 unspecified atom stereocenters. The molecule has 0 amide bonds. The van der Waals surface area contributed by atoms with E-state index in [-0.39, 0.29) is 5.88 Å². The molecule has 11 heavy (non-hydrogen) atoms. The number of rotatable bonds is 4. The van der Waals surface area contributed by atoms with Crippen LogP contribution in [0.3, 0.4) is 0 Å². The standard InChI is InChI=1S/C7H13ClO3/c1-3-4-7(2,5-8)11-6(9)10/h3-5H2,1-2H3,(H,9,10). The molecule has 0 fully saturated rings. The molecule has 0 heterocycles. The van der Waals surface area contributed by atoms with Crippen molar-refractivity contribution in [2.75, 3.05) is 5.88 Å². The lowest BCUT2D eigenvalue weighted by Gasteiger charge is -2.24. The summed E-state index contributed by atoms with van der Waals surface area (Å²) in [7, 11) is 0. The van der Waals surface area contributed by atoms with E-state index in [2.05, 4.69) is 4.74 Å². The lowest BCUT2D eigenvalue weighted by atomic mass is 10.0. The molecule has 0 aromatic heterocycles. The van der Waals surface area contributed by atoms with Crippen molar-refractivity contribution in [1.29, 1.82) is 0 Å². The average molecular weight is 181 g/mol. The van der Waals surface area contributed by atoms with E-state index in [9.17, 15) is 4.79 Å². The third-order valence-electron chi connectivity index (χ3n) is 1.40. The van der Waals surface area contributed by atoms with Gasteiger partial charge in [0, 0.05) is 0 Å². The Kier molecular flexibility index (Phi) is 4.26. The minimum absolute atomic E-state index is 0.202. The van der Waals surface area contributed by atoms with Gasteiger partial charge in [0.1, 0.15) is 5.60 Å². The van der Waals surface area contributed by atoms with Gasteiger partial charge in [0.15, 0.2) is 0 Å². The molecule has 0 aliphatic heterocycles. The Hall–Kier alpha value is -0.440. The molecule has 4 heteroatoms. The van der Waals surface area contributed by atoms with Crippen molar-refractivity contribution in [3.8, 4) is 0 Å². The lowest BCUT2D eigenvalue weighted by Crippen LogP contribution is -2.32. The predicted octanol–water partition coefficient (Wildman–Crippen LogP) is 2.48. The minimum Gasteiger partial charge on any atom is -0.450 e. The molecule has 0 rings (SSSR count). The van der Waals surface area contributed by atoms with Gasteiger partial charge in [0.2, 0.25) is 0 Å². The number of carboxylic acid groups (broad SMARTS) is 1. The van der Waals surface area contributed by atoms with Gasteiger partial charge in [-0.2, -0.15) is 0 Å². The Labute approximate surface area is 71.3 Å². The predicted molar refractivity (Wildman–Crippen MR) is 43.1 cm³/mol. The molecule has 0 aliphatic carbocycles. The highest BCUT2D eigenvalue weighted by molar-refractivity contribution is 6.18. The highest BCUT2D eigenvalue weighted by atomic mass is 35.5. The first-order valence-electron chi connectivity index (χ1n) is 3.52. The van der Waals surface area contributed by atoms with Gasteiger partial charge in [-0.05, 0) is 13.3 Å². The molecule has 66 valence electrons. The third kappa shape index (κ3) is 4.09. The normalized spacial score (nSPS) is 15.5. The first kappa shape index (κ1) is 10.6. The van der Waals surface area contributed by atoms with Crippen molar-refractivity contribution in [3.05, 3.63) is 0 Å². The Morgan fingerprint density at radius 1 is 1.73 bits per heavy atom. The van der Waals surface area contributed by atoms with E-state index in [0.29, 0.717) is 6.42 Å². The molecule has 0 aliphatic rings. The van der Waals surface area contributed by atoms with Crippen LogP contribution in [0.25, 0.3) is 0 Å². The molecule has 0 spiro atoms. The van der Waals surface area contributed by atoms with Crippen molar-refractivity contribution in [3.63, 3.8) is 0 Å². The molecule has 0 saturated heterocycles. The maximum Gasteiger partial charge on any atom is 0.506 e. The Bertz CT molecular complexity index is 138. The second kappa shape index (κ2) is 4.44. The zero-order chi connectivity index (χ0) is 8.91. The fourth-order valence-corrected chi connectivity index (χ4v) is 1.07. The van der Waals surface area contributed by atoms with Gasteiger partial charge < -0.3 is 9.84 Å². The Morgan fingerprint density at radius 3 is 2.55 bits per heavy atom. The number of hydrogen-bond donors (Lipinski definition) is 1. The number of alkyl halides is 1. The highest BCUT2D eigenvalue weighted by Crippen LogP contribution is 2.19. The van der Waals surface area contributed by atoms with Gasteiger partial charge in [-0.15, -0.1) is 11.6 Å². The number of ether oxygens (including phenoxy) is 1. The van der Waals surface area contributed by atoms with Crippen LogP contribution in [0.1, 0.15) is 26.7 Å². The molecule has 0 aromatic carbocycles. The summed E-state index contributed by atoms with van der Waals surface area (Å²) in [6.45, 7) is 3.65. The van der Waals surface area contributed by atoms with Crippen molar-refractivity contribution >= 4 is 17.8 Å². The molecular weight excluding hydrogens is 168 g/mol. The second-order valence-corrected chi connectivity index (χ2v) is 2.97. The van der Waals surface area contributed by atoms with Crippen LogP contribution in [0.15, 0.2) is 0 Å². The summed E-state index contributed by atoms with van der Waals surface area (Å²) >= 11 is 5.54. The number of hydrogen-bond acceptors (Lipinski definition) is 2. The Balaban J connectivity index is 3.98. The minimum atomic E-state index is -1.26. The monoisotopic (exact) mass is 180 g/mol. The summed E-state index contributed by atoms with van der Waals surface area (Å²) in [6.07, 6.45) is 0.251. The van der Waals surface area contributed by atoms with Crippen LogP contribution in [0.5, 0.6) is 0 Å². The summed E-state index contributed by atoms with van der Waals surface area (Å²) < 4.78 is 4.61. The summed E-state index contributed by atoms with van der Waals surface area (Å²) in [4.78, 5) is 10.2. The van der Waals surface area contributed by atoms with Crippen LogP contribution in [-0.4, -0.2) is 22.7 Å². The molecule has 1 N–H and O–H groups in total. The third-order valence-corrected chi connectivity index (χ3v) is 1.96. The van der Waals surface area contributed by atoms with E-state index in [1.165, 1.54) is 0 Å². The van der Waals surface area contributed by atoms with Gasteiger partial charge in [-0.3, -0.25) is 0 Å². The maximum absolute atomic E-state index is 10.2. The van der Waals surface area contributed by atoms with Crippen LogP contribution in [-0.2, 0) is 4.74 Å². The van der Waals surface area contributed by atoms with Crippen LogP contribution >= 0.6 is 11.6 Å². The molecule has 3 nitrogen and oxygen atoms in total. The fraction of sp³-hybridized carbons (Fsp3) is 0.857. The zero-order valence-corrected chi connectivity index (χ0v) is 7.52. The van der Waals surface area contributed by atoms with Crippen LogP contribution in [0, 0.1) is 0 Å². The summed E-state index contributed by atoms with van der Waals surface area (Å²) in [6, 6.07) is 0. The van der Waals surface area contributed by atoms with E-state index in [1.54, 1.807) is 6.92 Å². The van der Waals surface area contributed by atoms with Gasteiger partial charge in [0.05, 0.1) is 5.88 Å². The topological polar surface area (TPSA) is 46.5 Å². The zero-order valence-electron chi connectivity index (χ0n) is 6.76. The summed E-state index contributed by atoms with van der Waals surface area (Å²) in [5, 5.41) is 8.33. The van der Waals surface area contributed by atoms with Crippen molar-refractivity contribution in [2.24, 2.45) is 0 Å². The lowest BCUT2D eigenvalue weighted by molar-refractivity contribution is 0.000868. The van der Waals surface area contributed by atoms with Crippen LogP contribution in [0.4, 0.5) is 4.79 Å². The van der Waals surface area contributed by atoms with Gasteiger partial charge in [-0.1, -0.05) is 13.3 Å². The summed E-state index contributed by atoms with van der Waals surface area (Å²) in [5.74, 6) is 0.202. The largest absolute Gasteiger partial charge is 0.506 e. The fourth-order valence-electron chi connectivity index (χ4n) is 0.885. The van der Waals surface area contributed by atoms with Crippen molar-refractivity contribution in [1.82, 2.24) is 0 Å². The molecular formula is C7H13ClO3. The van der Waals surface area contributed by atoms with Crippen molar-refractivity contribution < 1.29 is 14.6 Å². The molecule has 0 saturated carbocycles. The number of carbonyl (C=O) groups is 1. The van der Waals surface area contributed by atoms with E-state index in [1.807, 2.05) is 6.92 Å². The SMILES string of the molecule is CCCC(C)(CCl)OC(=O)O. The molecule has 0 aromatic rings. The van der Waals surface area contributed by atoms with E-state index in [0.717, 1.165) is 6.42 Å². The molecule has 1 atom stereocenters. The Morgan fingerprint density at radius 2 is 2.27 bits per heavy atom. The molecule has 0 radical (unpaired) electrons.